The van der Waals surface area contributed by atoms with Crippen LogP contribution in [0.4, 0.5) is 5.69 Å². The van der Waals surface area contributed by atoms with Crippen molar-refractivity contribution >= 4 is 33.5 Å². The Hall–Kier alpha value is -1.40. The maximum Gasteiger partial charge on any atom is 0.306 e. The summed E-state index contributed by atoms with van der Waals surface area (Å²) in [6, 6.07) is 7.26. The summed E-state index contributed by atoms with van der Waals surface area (Å²) in [5.74, 6) is 0.392. The summed E-state index contributed by atoms with van der Waals surface area (Å²) in [5.41, 5.74) is -0.0530. The van der Waals surface area contributed by atoms with Gasteiger partial charge in [-0.25, -0.2) is 0 Å². The Morgan fingerprint density at radius 2 is 1.96 bits per heavy atom. The predicted octanol–water partition coefficient (Wildman–Crippen LogP) is 3.65. The van der Waals surface area contributed by atoms with E-state index in [1.54, 1.807) is 12.1 Å². The van der Waals surface area contributed by atoms with E-state index in [4.69, 9.17) is 4.74 Å². The number of hydrogen-bond acceptors (Lipinski definition) is 4. The molecule has 2 N–H and O–H groups in total. The van der Waals surface area contributed by atoms with E-state index in [0.717, 1.165) is 30.2 Å². The first-order chi connectivity index (χ1) is 12.3. The second-order valence-corrected chi connectivity index (χ2v) is 9.50. The maximum atomic E-state index is 12.4. The third-order valence-corrected chi connectivity index (χ3v) is 6.64. The number of amides is 1. The van der Waals surface area contributed by atoms with Crippen molar-refractivity contribution in [1.29, 1.82) is 0 Å². The number of esters is 1. The Morgan fingerprint density at radius 1 is 1.23 bits per heavy atom. The SMILES string of the molecule is O=C(COC(=O)CC12C[C@@H]3C[C@@H](CC(O)(C3)C1)C2)Nc1cccc(Br)c1. The fourth-order valence-corrected chi connectivity index (χ4v) is 6.27. The lowest BCUT2D eigenvalue weighted by atomic mass is 9.47. The average Bonchev–Trinajstić information content (AvgIpc) is 2.50. The summed E-state index contributed by atoms with van der Waals surface area (Å²) >= 11 is 3.35. The smallest absolute Gasteiger partial charge is 0.306 e. The zero-order valence-electron chi connectivity index (χ0n) is 14.7. The van der Waals surface area contributed by atoms with Gasteiger partial charge in [0.2, 0.25) is 0 Å². The normalized spacial score (nSPS) is 34.5. The van der Waals surface area contributed by atoms with E-state index in [9.17, 15) is 14.7 Å². The van der Waals surface area contributed by atoms with Gasteiger partial charge in [0.05, 0.1) is 12.0 Å². The largest absolute Gasteiger partial charge is 0.456 e. The maximum absolute atomic E-state index is 12.4. The fraction of sp³-hybridized carbons (Fsp3) is 0.600. The van der Waals surface area contributed by atoms with E-state index in [0.29, 0.717) is 30.4 Å². The number of rotatable bonds is 5. The minimum Gasteiger partial charge on any atom is -0.456 e. The molecule has 26 heavy (non-hydrogen) atoms. The Kier molecular flexibility index (Phi) is 4.59. The van der Waals surface area contributed by atoms with Crippen LogP contribution < -0.4 is 5.32 Å². The van der Waals surface area contributed by atoms with E-state index in [1.165, 1.54) is 6.42 Å². The molecule has 0 heterocycles. The van der Waals surface area contributed by atoms with E-state index < -0.39 is 5.60 Å². The molecule has 1 aromatic rings. The van der Waals surface area contributed by atoms with Crippen molar-refractivity contribution in [2.45, 2.75) is 50.5 Å². The van der Waals surface area contributed by atoms with E-state index >= 15 is 0 Å². The Labute approximate surface area is 161 Å². The number of aliphatic hydroxyl groups is 1. The molecule has 0 radical (unpaired) electrons. The van der Waals surface area contributed by atoms with Crippen LogP contribution in [0, 0.1) is 17.3 Å². The molecule has 4 fully saturated rings. The van der Waals surface area contributed by atoms with E-state index in [-0.39, 0.29) is 23.9 Å². The van der Waals surface area contributed by atoms with E-state index in [1.807, 2.05) is 12.1 Å². The molecule has 4 bridgehead atoms. The molecule has 6 heteroatoms. The van der Waals surface area contributed by atoms with Crippen molar-refractivity contribution < 1.29 is 19.4 Å². The summed E-state index contributed by atoms with van der Waals surface area (Å²) in [6.07, 6.45) is 5.98. The highest BCUT2D eigenvalue weighted by atomic mass is 79.9. The predicted molar refractivity (Wildman–Crippen MR) is 100 cm³/mol. The summed E-state index contributed by atoms with van der Waals surface area (Å²) < 4.78 is 6.10. The molecule has 4 aliphatic carbocycles. The van der Waals surface area contributed by atoms with Gasteiger partial charge in [-0.15, -0.1) is 0 Å². The second-order valence-electron chi connectivity index (χ2n) is 8.58. The number of ether oxygens (including phenoxy) is 1. The van der Waals surface area contributed by atoms with Gasteiger partial charge in [-0.05, 0) is 74.0 Å². The molecule has 5 rings (SSSR count). The topological polar surface area (TPSA) is 75.6 Å². The van der Waals surface area contributed by atoms with Crippen LogP contribution in [0.25, 0.3) is 0 Å². The summed E-state index contributed by atoms with van der Waals surface area (Å²) in [6.45, 7) is -0.279. The van der Waals surface area contributed by atoms with Gasteiger partial charge in [0.1, 0.15) is 0 Å². The highest BCUT2D eigenvalue weighted by molar-refractivity contribution is 9.10. The molecule has 0 spiro atoms. The number of carbonyl (C=O) groups excluding carboxylic acids is 2. The van der Waals surface area contributed by atoms with Crippen LogP contribution in [-0.4, -0.2) is 29.2 Å². The van der Waals surface area contributed by atoms with Crippen LogP contribution in [0.5, 0.6) is 0 Å². The zero-order valence-corrected chi connectivity index (χ0v) is 16.3. The summed E-state index contributed by atoms with van der Waals surface area (Å²) in [5, 5.41) is 13.5. The number of anilines is 1. The first-order valence-electron chi connectivity index (χ1n) is 9.27. The van der Waals surface area contributed by atoms with Gasteiger partial charge in [-0.3, -0.25) is 9.59 Å². The minimum atomic E-state index is -0.581. The summed E-state index contributed by atoms with van der Waals surface area (Å²) in [7, 11) is 0. The summed E-state index contributed by atoms with van der Waals surface area (Å²) in [4.78, 5) is 24.4. The van der Waals surface area contributed by atoms with Crippen molar-refractivity contribution in [3.8, 4) is 0 Å². The van der Waals surface area contributed by atoms with Gasteiger partial charge in [0.15, 0.2) is 6.61 Å². The number of halogens is 1. The highest BCUT2D eigenvalue weighted by Crippen LogP contribution is 2.62. The van der Waals surface area contributed by atoms with Crippen LogP contribution in [-0.2, 0) is 14.3 Å². The Morgan fingerprint density at radius 3 is 2.62 bits per heavy atom. The monoisotopic (exact) mass is 421 g/mol. The average molecular weight is 422 g/mol. The third-order valence-electron chi connectivity index (χ3n) is 6.14. The lowest BCUT2D eigenvalue weighted by molar-refractivity contribution is -0.177. The third kappa shape index (κ3) is 3.81. The van der Waals surface area contributed by atoms with Crippen LogP contribution in [0.15, 0.2) is 28.7 Å². The lowest BCUT2D eigenvalue weighted by Crippen LogP contribution is -2.56. The first kappa shape index (κ1) is 18.0. The fourth-order valence-electron chi connectivity index (χ4n) is 5.88. The van der Waals surface area contributed by atoms with Crippen LogP contribution in [0.3, 0.4) is 0 Å². The number of benzene rings is 1. The van der Waals surface area contributed by atoms with Crippen molar-refractivity contribution in [3.63, 3.8) is 0 Å². The molecule has 140 valence electrons. The minimum absolute atomic E-state index is 0.128. The molecule has 4 aliphatic rings. The van der Waals surface area contributed by atoms with Crippen molar-refractivity contribution in [2.24, 2.45) is 17.3 Å². The van der Waals surface area contributed by atoms with Gasteiger partial charge < -0.3 is 15.2 Å². The Bertz CT molecular complexity index is 720. The molecule has 1 amide bonds. The number of nitrogens with one attached hydrogen (secondary N) is 1. The Balaban J connectivity index is 1.30. The molecular formula is C20H24BrNO4. The molecule has 4 saturated carbocycles. The number of hydrogen-bond donors (Lipinski definition) is 2. The highest BCUT2D eigenvalue weighted by Gasteiger charge is 2.57. The van der Waals surface area contributed by atoms with Gasteiger partial charge in [-0.1, -0.05) is 22.0 Å². The van der Waals surface area contributed by atoms with Crippen molar-refractivity contribution in [2.75, 3.05) is 11.9 Å². The quantitative estimate of drug-likeness (QED) is 0.711. The van der Waals surface area contributed by atoms with Crippen LogP contribution in [0.1, 0.15) is 44.9 Å². The lowest BCUT2D eigenvalue weighted by Gasteiger charge is -2.60. The molecule has 0 aliphatic heterocycles. The standard InChI is InChI=1S/C20H24BrNO4/c21-15-2-1-3-16(5-15)22-17(23)11-26-18(24)10-19-6-13-4-14(7-19)9-20(25,8-13)12-19/h1-3,5,13-14,25H,4,6-12H2,(H,22,23)/t13-,14+,19?,20?. The molecule has 5 nitrogen and oxygen atoms in total. The van der Waals surface area contributed by atoms with E-state index in [2.05, 4.69) is 21.2 Å². The second kappa shape index (κ2) is 6.64. The van der Waals surface area contributed by atoms with Gasteiger partial charge in [0, 0.05) is 10.2 Å². The van der Waals surface area contributed by atoms with Crippen molar-refractivity contribution in [3.05, 3.63) is 28.7 Å². The number of carbonyl (C=O) groups is 2. The first-order valence-corrected chi connectivity index (χ1v) is 10.1. The van der Waals surface area contributed by atoms with Crippen molar-refractivity contribution in [1.82, 2.24) is 0 Å². The molecular weight excluding hydrogens is 398 g/mol. The van der Waals surface area contributed by atoms with Gasteiger partial charge in [0.25, 0.3) is 5.91 Å². The molecule has 0 aromatic heterocycles. The van der Waals surface area contributed by atoms with Crippen LogP contribution in [0.2, 0.25) is 0 Å². The van der Waals surface area contributed by atoms with Gasteiger partial charge in [-0.2, -0.15) is 0 Å². The molecule has 0 saturated heterocycles. The molecule has 2 unspecified atom stereocenters. The zero-order chi connectivity index (χ0) is 18.4. The van der Waals surface area contributed by atoms with Gasteiger partial charge >= 0.3 is 5.97 Å². The van der Waals surface area contributed by atoms with Crippen LogP contribution >= 0.6 is 15.9 Å². The molecule has 1 aromatic carbocycles. The molecule has 4 atom stereocenters.